The Hall–Kier alpha value is -2.12. The molecule has 1 N–H and O–H groups in total. The van der Waals surface area contributed by atoms with Crippen molar-refractivity contribution in [3.05, 3.63) is 53.9 Å². The Balaban J connectivity index is 2.06. The fourth-order valence-corrected chi connectivity index (χ4v) is 1.19. The number of rotatable bonds is 3. The second kappa shape index (κ2) is 4.40. The molecule has 1 aromatic heterocycles. The van der Waals surface area contributed by atoms with Crippen molar-refractivity contribution in [2.24, 2.45) is 5.10 Å². The Morgan fingerprint density at radius 1 is 1.47 bits per heavy atom. The molecule has 1 aromatic rings. The van der Waals surface area contributed by atoms with Crippen molar-refractivity contribution in [3.63, 3.8) is 0 Å². The number of hydrogen-bond acceptors (Lipinski definition) is 3. The monoisotopic (exact) mass is 197 g/mol. The fraction of sp³-hybridized carbons (Fsp3) is 0.0833. The summed E-state index contributed by atoms with van der Waals surface area (Å²) in [4.78, 5) is 4.10. The molecule has 0 saturated carbocycles. The zero-order chi connectivity index (χ0) is 10.5. The van der Waals surface area contributed by atoms with Gasteiger partial charge >= 0.3 is 0 Å². The number of hydrazone groups is 1. The van der Waals surface area contributed by atoms with E-state index in [1.165, 1.54) is 0 Å². The van der Waals surface area contributed by atoms with Gasteiger partial charge in [-0.15, -0.1) is 5.73 Å². The standard InChI is InChI=1S/C12H11N3/c1-10(11-6-2-3-7-11)14-15-12-8-4-5-9-13-12/h2-6,8-9H,1H3,(H,13,15)/b14-10+. The molecular weight excluding hydrogens is 186 g/mol. The lowest BCUT2D eigenvalue weighted by atomic mass is 10.2. The number of allylic oxidation sites excluding steroid dienone is 3. The van der Waals surface area contributed by atoms with E-state index in [4.69, 9.17) is 0 Å². The summed E-state index contributed by atoms with van der Waals surface area (Å²) >= 11 is 0. The van der Waals surface area contributed by atoms with Crippen LogP contribution in [-0.2, 0) is 0 Å². The highest BCUT2D eigenvalue weighted by atomic mass is 15.3. The van der Waals surface area contributed by atoms with Gasteiger partial charge < -0.3 is 0 Å². The average molecular weight is 197 g/mol. The normalized spacial score (nSPS) is 14.2. The smallest absolute Gasteiger partial charge is 0.146 e. The van der Waals surface area contributed by atoms with Crippen LogP contribution in [0.3, 0.4) is 0 Å². The SMILES string of the molecule is C/C(=N\Nc1ccccn1)C1=C=CC=C1. The molecule has 1 heterocycles. The molecule has 0 atom stereocenters. The molecule has 2 rings (SSSR count). The van der Waals surface area contributed by atoms with E-state index in [1.807, 2.05) is 43.4 Å². The molecule has 0 aliphatic heterocycles. The Morgan fingerprint density at radius 2 is 2.40 bits per heavy atom. The Bertz CT molecular complexity index is 463. The molecular formula is C12H11N3. The highest BCUT2D eigenvalue weighted by Crippen LogP contribution is 2.06. The molecule has 74 valence electrons. The first kappa shape index (κ1) is 9.44. The first-order valence-corrected chi connectivity index (χ1v) is 4.71. The first-order valence-electron chi connectivity index (χ1n) is 4.71. The van der Waals surface area contributed by atoms with Gasteiger partial charge in [0.15, 0.2) is 0 Å². The van der Waals surface area contributed by atoms with Crippen molar-refractivity contribution in [2.45, 2.75) is 6.92 Å². The molecule has 3 nitrogen and oxygen atoms in total. The summed E-state index contributed by atoms with van der Waals surface area (Å²) in [7, 11) is 0. The van der Waals surface area contributed by atoms with E-state index in [2.05, 4.69) is 21.2 Å². The van der Waals surface area contributed by atoms with Crippen LogP contribution < -0.4 is 5.43 Å². The first-order chi connectivity index (χ1) is 7.36. The van der Waals surface area contributed by atoms with Crippen LogP contribution in [-0.4, -0.2) is 10.7 Å². The van der Waals surface area contributed by atoms with Gasteiger partial charge in [-0.05, 0) is 31.2 Å². The van der Waals surface area contributed by atoms with E-state index < -0.39 is 0 Å². The number of hydrogen-bond donors (Lipinski definition) is 1. The van der Waals surface area contributed by atoms with E-state index in [0.717, 1.165) is 17.1 Å². The molecule has 0 bridgehead atoms. The van der Waals surface area contributed by atoms with E-state index >= 15 is 0 Å². The number of anilines is 1. The summed E-state index contributed by atoms with van der Waals surface area (Å²) in [6.45, 7) is 1.93. The predicted molar refractivity (Wildman–Crippen MR) is 61.7 cm³/mol. The van der Waals surface area contributed by atoms with Crippen LogP contribution in [0.1, 0.15) is 6.92 Å². The number of nitrogens with one attached hydrogen (secondary N) is 1. The molecule has 0 spiro atoms. The van der Waals surface area contributed by atoms with Gasteiger partial charge in [0.1, 0.15) is 5.82 Å². The lowest BCUT2D eigenvalue weighted by molar-refractivity contribution is 1.22. The van der Waals surface area contributed by atoms with Crippen molar-refractivity contribution >= 4 is 11.5 Å². The van der Waals surface area contributed by atoms with Crippen LogP contribution in [0.25, 0.3) is 0 Å². The Morgan fingerprint density at radius 3 is 3.07 bits per heavy atom. The molecule has 0 saturated heterocycles. The molecule has 0 aromatic carbocycles. The number of aromatic nitrogens is 1. The molecule has 3 heteroatoms. The van der Waals surface area contributed by atoms with Gasteiger partial charge in [-0.2, -0.15) is 5.10 Å². The van der Waals surface area contributed by atoms with Gasteiger partial charge in [0.2, 0.25) is 0 Å². The van der Waals surface area contributed by atoms with Gasteiger partial charge in [0.05, 0.1) is 5.71 Å². The Labute approximate surface area is 88.5 Å². The predicted octanol–water partition coefficient (Wildman–Crippen LogP) is 2.52. The summed E-state index contributed by atoms with van der Waals surface area (Å²) in [5.41, 5.74) is 7.86. The van der Waals surface area contributed by atoms with E-state index in [9.17, 15) is 0 Å². The van der Waals surface area contributed by atoms with Crippen molar-refractivity contribution in [2.75, 3.05) is 5.43 Å². The lowest BCUT2D eigenvalue weighted by Crippen LogP contribution is -1.99. The number of nitrogens with zero attached hydrogens (tertiary/aromatic N) is 2. The highest BCUT2D eigenvalue weighted by molar-refractivity contribution is 6.01. The van der Waals surface area contributed by atoms with Gasteiger partial charge in [-0.1, -0.05) is 12.1 Å². The average Bonchev–Trinajstić information content (AvgIpc) is 2.81. The van der Waals surface area contributed by atoms with E-state index in [-0.39, 0.29) is 0 Å². The third kappa shape index (κ3) is 2.42. The molecule has 1 aliphatic rings. The maximum Gasteiger partial charge on any atom is 0.146 e. The molecule has 15 heavy (non-hydrogen) atoms. The lowest BCUT2D eigenvalue weighted by Gasteiger charge is -2.00. The summed E-state index contributed by atoms with van der Waals surface area (Å²) in [6, 6.07) is 5.65. The topological polar surface area (TPSA) is 37.3 Å². The molecule has 0 unspecified atom stereocenters. The fourth-order valence-electron chi connectivity index (χ4n) is 1.19. The van der Waals surface area contributed by atoms with Crippen LogP contribution in [0.4, 0.5) is 5.82 Å². The van der Waals surface area contributed by atoms with E-state index in [1.54, 1.807) is 6.20 Å². The molecule has 0 radical (unpaired) electrons. The minimum atomic E-state index is 0.739. The molecule has 1 aliphatic carbocycles. The maximum absolute atomic E-state index is 4.21. The van der Waals surface area contributed by atoms with Crippen LogP contribution in [0.2, 0.25) is 0 Å². The van der Waals surface area contributed by atoms with Crippen LogP contribution in [0.5, 0.6) is 0 Å². The minimum Gasteiger partial charge on any atom is -0.261 e. The third-order valence-corrected chi connectivity index (χ3v) is 1.99. The highest BCUT2D eigenvalue weighted by Gasteiger charge is 1.98. The zero-order valence-corrected chi connectivity index (χ0v) is 8.44. The largest absolute Gasteiger partial charge is 0.261 e. The maximum atomic E-state index is 4.21. The van der Waals surface area contributed by atoms with Crippen LogP contribution in [0, 0.1) is 0 Å². The third-order valence-electron chi connectivity index (χ3n) is 1.99. The second-order valence-electron chi connectivity index (χ2n) is 3.11. The van der Waals surface area contributed by atoms with Crippen molar-refractivity contribution in [3.8, 4) is 0 Å². The van der Waals surface area contributed by atoms with Crippen molar-refractivity contribution in [1.29, 1.82) is 0 Å². The van der Waals surface area contributed by atoms with Gasteiger partial charge in [-0.3, -0.25) is 5.43 Å². The minimum absolute atomic E-state index is 0.739. The van der Waals surface area contributed by atoms with E-state index in [0.29, 0.717) is 0 Å². The quantitative estimate of drug-likeness (QED) is 0.459. The molecule has 0 fully saturated rings. The summed E-state index contributed by atoms with van der Waals surface area (Å²) in [6.07, 6.45) is 7.50. The zero-order valence-electron chi connectivity index (χ0n) is 8.44. The Kier molecular flexibility index (Phi) is 2.77. The van der Waals surface area contributed by atoms with Gasteiger partial charge in [0, 0.05) is 11.8 Å². The van der Waals surface area contributed by atoms with Crippen molar-refractivity contribution in [1.82, 2.24) is 4.98 Å². The number of pyridine rings is 1. The van der Waals surface area contributed by atoms with Gasteiger partial charge in [0.25, 0.3) is 0 Å². The summed E-state index contributed by atoms with van der Waals surface area (Å²) in [5, 5.41) is 4.21. The van der Waals surface area contributed by atoms with Crippen molar-refractivity contribution < 1.29 is 0 Å². The van der Waals surface area contributed by atoms with Crippen LogP contribution in [0.15, 0.2) is 59.0 Å². The second-order valence-corrected chi connectivity index (χ2v) is 3.11. The van der Waals surface area contributed by atoms with Gasteiger partial charge in [-0.25, -0.2) is 4.98 Å². The summed E-state index contributed by atoms with van der Waals surface area (Å²) < 4.78 is 0. The van der Waals surface area contributed by atoms with Crippen LogP contribution >= 0.6 is 0 Å². The molecule has 0 amide bonds. The summed E-state index contributed by atoms with van der Waals surface area (Å²) in [5.74, 6) is 0.739.